The molecule has 27 nitrogen and oxygen atoms in total. The molecule has 27 atom stereocenters. The van der Waals surface area contributed by atoms with Crippen molar-refractivity contribution in [2.75, 3.05) is 26.4 Å². The summed E-state index contributed by atoms with van der Waals surface area (Å²) in [6.45, 7) is 22.5. The summed E-state index contributed by atoms with van der Waals surface area (Å²) < 4.78 is 84.0. The third kappa shape index (κ3) is 21.3. The van der Waals surface area contributed by atoms with Gasteiger partial charge in [-0.05, 0) is 106 Å². The molecule has 12 N–H and O–H groups in total. The number of phosphoric acid groups is 1. The molecule has 5 fully saturated rings. The SMILES string of the molecule is C=C(C/C=C(\C)CCC=C(C)C)CCC(C)(C)/C=C/CC/C(C)=C\CO[C@H](COP(=O)(O)OC1OC(C)C(C)(O)C(C=O)C1OC1OC(COC2OC(CO)C(O)C(O)C2O)C(OC2OC(C)C(OC3OC(C)C(O)C(O)C3O)C(O)C2C)C(O)C1C)C(=O)O. The minimum atomic E-state index is -5.41. The molecule has 28 heteroatoms. The molecule has 0 bridgehead atoms. The number of rotatable bonds is 32. The van der Waals surface area contributed by atoms with E-state index >= 15 is 0 Å². The van der Waals surface area contributed by atoms with Gasteiger partial charge in [-0.25, -0.2) is 9.36 Å². The van der Waals surface area contributed by atoms with E-state index in [2.05, 4.69) is 65.5 Å². The highest BCUT2D eigenvalue weighted by atomic mass is 31.2. The van der Waals surface area contributed by atoms with Crippen LogP contribution in [0.2, 0.25) is 0 Å². The summed E-state index contributed by atoms with van der Waals surface area (Å²) >= 11 is 0. The van der Waals surface area contributed by atoms with E-state index in [0.29, 0.717) is 12.8 Å². The fourth-order valence-electron chi connectivity index (χ4n) is 11.0. The van der Waals surface area contributed by atoms with Crippen LogP contribution in [0.4, 0.5) is 0 Å². The number of carboxylic acids is 1. The molecule has 0 aromatic heterocycles. The molecule has 5 aliphatic heterocycles. The molecule has 0 aromatic rings. The predicted molar refractivity (Wildman–Crippen MR) is 320 cm³/mol. The molecule has 0 saturated carbocycles. The smallest absolute Gasteiger partial charge is 0.474 e. The van der Waals surface area contributed by atoms with Gasteiger partial charge in [0.15, 0.2) is 37.6 Å². The average molecular weight is 1310 g/mol. The first-order chi connectivity index (χ1) is 42.0. The van der Waals surface area contributed by atoms with Crippen LogP contribution in [0.3, 0.4) is 0 Å². The summed E-state index contributed by atoms with van der Waals surface area (Å²) in [5.41, 5.74) is 2.59. The van der Waals surface area contributed by atoms with Crippen LogP contribution < -0.4 is 0 Å². The number of aldehydes is 1. The second kappa shape index (κ2) is 34.7. The van der Waals surface area contributed by atoms with Crippen LogP contribution in [0, 0.1) is 23.2 Å². The fourth-order valence-corrected chi connectivity index (χ4v) is 11.8. The summed E-state index contributed by atoms with van der Waals surface area (Å²) in [5, 5.41) is 118. The number of hydrogen-bond donors (Lipinski definition) is 12. The molecule has 5 rings (SSSR count). The number of carboxylic acid groups (broad SMARTS) is 1. The van der Waals surface area contributed by atoms with Crippen molar-refractivity contribution in [3.05, 3.63) is 59.3 Å². The van der Waals surface area contributed by atoms with Gasteiger partial charge in [-0.2, -0.15) is 0 Å². The van der Waals surface area contributed by atoms with Gasteiger partial charge in [0.25, 0.3) is 0 Å². The lowest BCUT2D eigenvalue weighted by atomic mass is 9.79. The third-order valence-electron chi connectivity index (χ3n) is 17.5. The maximum atomic E-state index is 13.8. The molecule has 26 unspecified atom stereocenters. The summed E-state index contributed by atoms with van der Waals surface area (Å²) in [5.74, 6) is -5.42. The van der Waals surface area contributed by atoms with Gasteiger partial charge < -0.3 is 113 Å². The molecule has 518 valence electrons. The standard InChI is InChI=1S/C62H103O27P/c1-31(2)17-16-19-32(3)20-21-34(5)22-25-61(11,12)24-15-14-18-33(4)23-26-78-43(55(73)74)30-80-90(76,77)89-60-53(40(27-63)62(13,75)39(10)83-60)87-57-36(7)45(66)54(42(85-57)29-79-58-50(71)49(70)47(68)41(28-64)84-58)88-56-35(6)44(65)52(38(9)82-56)86-59-51(72)48(69)46(67)37(8)81-59/h15,17,20,23-24,27,35-54,56-60,64-72,75H,5,14,16,18-19,21-22,25-26,28-30H2,1-4,6-13H3,(H,73,74)(H,76,77)/b24-15+,32-20+,33-23-/t35?,36?,37?,38?,39?,40?,41?,42?,43-,44?,45?,46?,47?,48?,49?,50?,51?,52?,53?,54?,56?,57?,58?,59?,60?,62?/m1/s1. The molecule has 5 saturated heterocycles. The summed E-state index contributed by atoms with van der Waals surface area (Å²) in [6, 6.07) is 0. The number of carbonyl (C=O) groups is 2. The molecule has 5 heterocycles. The maximum absolute atomic E-state index is 13.8. The lowest BCUT2D eigenvalue weighted by Crippen LogP contribution is -2.65. The Morgan fingerprint density at radius 1 is 0.678 bits per heavy atom. The van der Waals surface area contributed by atoms with Crippen molar-refractivity contribution < 1.29 is 132 Å². The second-order valence-electron chi connectivity index (χ2n) is 25.8. The minimum Gasteiger partial charge on any atom is -0.479 e. The molecular formula is C62H103O27P. The first-order valence-electron chi connectivity index (χ1n) is 30.9. The van der Waals surface area contributed by atoms with Crippen LogP contribution in [-0.4, -0.2) is 241 Å². The molecule has 0 aromatic carbocycles. The molecule has 0 amide bonds. The lowest BCUT2D eigenvalue weighted by molar-refractivity contribution is -0.380. The van der Waals surface area contributed by atoms with Crippen molar-refractivity contribution in [3.63, 3.8) is 0 Å². The Kier molecular flexibility index (Phi) is 30.0. The van der Waals surface area contributed by atoms with Crippen LogP contribution in [0.1, 0.15) is 128 Å². The number of aliphatic carboxylic acids is 1. The highest BCUT2D eigenvalue weighted by Crippen LogP contribution is 2.50. The molecule has 0 aliphatic carbocycles. The number of aliphatic hydroxyl groups excluding tert-OH is 9. The summed E-state index contributed by atoms with van der Waals surface area (Å²) in [7, 11) is -5.41. The van der Waals surface area contributed by atoms with E-state index in [-0.39, 0.29) is 18.3 Å². The van der Waals surface area contributed by atoms with Crippen LogP contribution >= 0.6 is 7.82 Å². The highest BCUT2D eigenvalue weighted by Gasteiger charge is 2.58. The number of phosphoric ester groups is 1. The third-order valence-corrected chi connectivity index (χ3v) is 18.5. The van der Waals surface area contributed by atoms with Crippen LogP contribution in [0.15, 0.2) is 59.3 Å². The Labute approximate surface area is 527 Å². The van der Waals surface area contributed by atoms with Crippen molar-refractivity contribution in [1.82, 2.24) is 0 Å². The number of ether oxygens (including phenoxy) is 10. The Bertz CT molecular complexity index is 2450. The normalized spacial score (nSPS) is 40.0. The number of allylic oxidation sites excluding steroid dienone is 8. The second-order valence-corrected chi connectivity index (χ2v) is 27.2. The van der Waals surface area contributed by atoms with E-state index in [1.807, 2.05) is 6.92 Å². The molecule has 0 spiro atoms. The maximum Gasteiger partial charge on any atom is 0.474 e. The Balaban J connectivity index is 1.25. The van der Waals surface area contributed by atoms with Crippen molar-refractivity contribution in [1.29, 1.82) is 0 Å². The van der Waals surface area contributed by atoms with E-state index < -0.39 is 192 Å². The largest absolute Gasteiger partial charge is 0.479 e. The van der Waals surface area contributed by atoms with E-state index in [4.69, 9.17) is 56.4 Å². The lowest BCUT2D eigenvalue weighted by Gasteiger charge is -2.51. The van der Waals surface area contributed by atoms with Crippen molar-refractivity contribution >= 4 is 20.1 Å². The number of hydrogen-bond acceptors (Lipinski definition) is 25. The molecule has 5 aliphatic rings. The van der Waals surface area contributed by atoms with E-state index in [9.17, 15) is 75.2 Å². The van der Waals surface area contributed by atoms with E-state index in [1.54, 1.807) is 6.08 Å². The highest BCUT2D eigenvalue weighted by molar-refractivity contribution is 7.47. The van der Waals surface area contributed by atoms with E-state index in [1.165, 1.54) is 58.3 Å². The Morgan fingerprint density at radius 2 is 1.24 bits per heavy atom. The first-order valence-corrected chi connectivity index (χ1v) is 32.4. The fraction of sp³-hybridized carbons (Fsp3) is 0.806. The van der Waals surface area contributed by atoms with Crippen molar-refractivity contribution in [2.24, 2.45) is 23.2 Å². The van der Waals surface area contributed by atoms with Crippen LogP contribution in [0.25, 0.3) is 0 Å². The van der Waals surface area contributed by atoms with Gasteiger partial charge in [0.2, 0.25) is 0 Å². The van der Waals surface area contributed by atoms with Gasteiger partial charge in [-0.15, -0.1) is 0 Å². The van der Waals surface area contributed by atoms with Crippen molar-refractivity contribution in [3.8, 4) is 0 Å². The predicted octanol–water partition coefficient (Wildman–Crippen LogP) is 2.89. The van der Waals surface area contributed by atoms with Gasteiger partial charge in [-0.1, -0.05) is 86.9 Å². The number of aliphatic hydroxyl groups is 10. The first kappa shape index (κ1) is 77.9. The molecule has 0 radical (unpaired) electrons. The van der Waals surface area contributed by atoms with Gasteiger partial charge in [-0.3, -0.25) is 9.05 Å². The van der Waals surface area contributed by atoms with Crippen LogP contribution in [0.5, 0.6) is 0 Å². The summed E-state index contributed by atoms with van der Waals surface area (Å²) in [6.07, 6.45) is -17.8. The zero-order chi connectivity index (χ0) is 67.3. The van der Waals surface area contributed by atoms with Gasteiger partial charge >= 0.3 is 13.8 Å². The van der Waals surface area contributed by atoms with Crippen LogP contribution in [-0.2, 0) is 70.6 Å². The Morgan fingerprint density at radius 3 is 1.88 bits per heavy atom. The van der Waals surface area contributed by atoms with Crippen molar-refractivity contribution in [2.45, 2.75) is 269 Å². The molecule has 90 heavy (non-hydrogen) atoms. The van der Waals surface area contributed by atoms with E-state index in [0.717, 1.165) is 37.7 Å². The topological polar surface area (TPSA) is 405 Å². The zero-order valence-electron chi connectivity index (χ0n) is 53.8. The monoisotopic (exact) mass is 1310 g/mol. The average Bonchev–Trinajstić information content (AvgIpc) is 3.54. The Hall–Kier alpha value is -2.85. The van der Waals surface area contributed by atoms with Gasteiger partial charge in [0.05, 0.1) is 68.5 Å². The minimum absolute atomic E-state index is 0.0703. The quantitative estimate of drug-likeness (QED) is 0.0262. The van der Waals surface area contributed by atoms with Gasteiger partial charge in [0.1, 0.15) is 73.4 Å². The molecular weight excluding hydrogens is 1210 g/mol. The zero-order valence-corrected chi connectivity index (χ0v) is 54.7. The van der Waals surface area contributed by atoms with Gasteiger partial charge in [0, 0.05) is 11.8 Å². The summed E-state index contributed by atoms with van der Waals surface area (Å²) in [4.78, 5) is 36.5. The number of carbonyl (C=O) groups excluding carboxylic acids is 1.